The Labute approximate surface area is 216 Å². The highest BCUT2D eigenvalue weighted by atomic mass is 32.2. The van der Waals surface area contributed by atoms with Crippen LogP contribution in [0.5, 0.6) is 0 Å². The van der Waals surface area contributed by atoms with E-state index < -0.39 is 10.0 Å². The minimum absolute atomic E-state index is 0.0655. The van der Waals surface area contributed by atoms with E-state index in [2.05, 4.69) is 9.88 Å². The maximum atomic E-state index is 13.1. The molecule has 1 N–H and O–H groups in total. The Morgan fingerprint density at radius 3 is 1.92 bits per heavy atom. The van der Waals surface area contributed by atoms with Crippen molar-refractivity contribution in [3.05, 3.63) is 103 Å². The minimum atomic E-state index is -3.57. The van der Waals surface area contributed by atoms with Crippen LogP contribution in [0.15, 0.2) is 96.4 Å². The number of aliphatic hydroxyl groups is 1. The monoisotopic (exact) mass is 516 g/mol. The molecule has 0 bridgehead atoms. The summed E-state index contributed by atoms with van der Waals surface area (Å²) in [6, 6.07) is 21.5. The number of piperazine rings is 1. The molecule has 4 aromatic rings. The molecule has 190 valence electrons. The molecular weight excluding hydrogens is 488 g/mol. The molecule has 0 aliphatic carbocycles. The fourth-order valence-electron chi connectivity index (χ4n) is 4.48. The van der Waals surface area contributed by atoms with Crippen LogP contribution in [-0.2, 0) is 10.0 Å². The summed E-state index contributed by atoms with van der Waals surface area (Å²) in [5, 5.41) is 9.08. The predicted octanol–water partition coefficient (Wildman–Crippen LogP) is 3.07. The van der Waals surface area contributed by atoms with E-state index in [0.29, 0.717) is 43.9 Å². The van der Waals surface area contributed by atoms with Crippen LogP contribution in [0.25, 0.3) is 16.8 Å². The number of ketones is 1. The number of nitrogens with zero attached hydrogens (tertiary/aromatic N) is 4. The molecule has 37 heavy (non-hydrogen) atoms. The second-order valence-corrected chi connectivity index (χ2v) is 10.9. The van der Waals surface area contributed by atoms with E-state index in [-0.39, 0.29) is 17.3 Å². The Morgan fingerprint density at radius 1 is 0.811 bits per heavy atom. The van der Waals surface area contributed by atoms with Crippen molar-refractivity contribution in [2.24, 2.45) is 0 Å². The summed E-state index contributed by atoms with van der Waals surface area (Å²) in [6.45, 7) is 2.67. The molecule has 1 saturated heterocycles. The molecule has 0 spiro atoms. The average Bonchev–Trinajstić information content (AvgIpc) is 3.49. The lowest BCUT2D eigenvalue weighted by molar-refractivity contribution is 0.103. The number of imidazole rings is 1. The molecule has 1 fully saturated rings. The van der Waals surface area contributed by atoms with Crippen LogP contribution in [0.1, 0.15) is 15.9 Å². The largest absolute Gasteiger partial charge is 0.395 e. The average molecular weight is 517 g/mol. The van der Waals surface area contributed by atoms with Crippen LogP contribution in [0.2, 0.25) is 0 Å². The van der Waals surface area contributed by atoms with Gasteiger partial charge in [-0.2, -0.15) is 4.31 Å². The highest BCUT2D eigenvalue weighted by molar-refractivity contribution is 7.89. The zero-order valence-corrected chi connectivity index (χ0v) is 21.1. The molecule has 0 amide bonds. The van der Waals surface area contributed by atoms with Gasteiger partial charge in [-0.25, -0.2) is 13.4 Å². The standard InChI is InChI=1S/C28H28N4O4S/c33-20-19-30-15-17-32(18-16-30)37(35,36)27-11-7-23(8-12-27)22-1-3-24(4-2-22)28(34)25-5-9-26(10-6-25)31-14-13-29-21-31/h1-14,21,33H,15-20H2. The minimum Gasteiger partial charge on any atom is -0.395 e. The summed E-state index contributed by atoms with van der Waals surface area (Å²) in [7, 11) is -3.57. The van der Waals surface area contributed by atoms with Crippen molar-refractivity contribution in [1.82, 2.24) is 18.8 Å². The highest BCUT2D eigenvalue weighted by Gasteiger charge is 2.28. The lowest BCUT2D eigenvalue weighted by atomic mass is 9.99. The molecule has 0 atom stereocenters. The summed E-state index contributed by atoms with van der Waals surface area (Å²) in [5.41, 5.74) is 3.88. The van der Waals surface area contributed by atoms with E-state index in [0.717, 1.165) is 16.8 Å². The van der Waals surface area contributed by atoms with Crippen LogP contribution in [0.4, 0.5) is 0 Å². The molecule has 1 aliphatic rings. The normalized spacial score (nSPS) is 15.1. The molecule has 1 aromatic heterocycles. The van der Waals surface area contributed by atoms with Gasteiger partial charge in [0.25, 0.3) is 0 Å². The molecule has 1 aliphatic heterocycles. The van der Waals surface area contributed by atoms with Crippen molar-refractivity contribution in [1.29, 1.82) is 0 Å². The number of rotatable bonds is 8. The fourth-order valence-corrected chi connectivity index (χ4v) is 5.90. The third-order valence-electron chi connectivity index (χ3n) is 6.65. The second kappa shape index (κ2) is 10.8. The van der Waals surface area contributed by atoms with E-state index in [4.69, 9.17) is 5.11 Å². The number of sulfonamides is 1. The van der Waals surface area contributed by atoms with E-state index in [1.807, 2.05) is 35.0 Å². The number of β-amino-alcohol motifs (C(OH)–C–C–N with tert-alkyl or cyclic N) is 1. The predicted molar refractivity (Wildman–Crippen MR) is 141 cm³/mol. The first-order chi connectivity index (χ1) is 18.0. The van der Waals surface area contributed by atoms with Gasteiger partial charge in [0, 0.05) is 61.9 Å². The molecule has 0 saturated carbocycles. The van der Waals surface area contributed by atoms with Crippen molar-refractivity contribution in [2.45, 2.75) is 4.90 Å². The quantitative estimate of drug-likeness (QED) is 0.362. The molecule has 0 unspecified atom stereocenters. The van der Waals surface area contributed by atoms with E-state index in [1.54, 1.807) is 61.1 Å². The van der Waals surface area contributed by atoms with Crippen molar-refractivity contribution in [3.63, 3.8) is 0 Å². The van der Waals surface area contributed by atoms with Gasteiger partial charge < -0.3 is 9.67 Å². The summed E-state index contributed by atoms with van der Waals surface area (Å²) in [6.07, 6.45) is 5.26. The van der Waals surface area contributed by atoms with E-state index in [9.17, 15) is 13.2 Å². The van der Waals surface area contributed by atoms with Gasteiger partial charge in [0.05, 0.1) is 17.8 Å². The number of aromatic nitrogens is 2. The molecule has 9 heteroatoms. The van der Waals surface area contributed by atoms with Crippen molar-refractivity contribution in [3.8, 4) is 16.8 Å². The zero-order chi connectivity index (χ0) is 25.8. The Bertz CT molecular complexity index is 1440. The molecular formula is C28H28N4O4S. The smallest absolute Gasteiger partial charge is 0.243 e. The SMILES string of the molecule is O=C(c1ccc(-c2ccc(S(=O)(=O)N3CCN(CCO)CC3)cc2)cc1)c1ccc(-n2ccnc2)cc1. The molecule has 2 heterocycles. The summed E-state index contributed by atoms with van der Waals surface area (Å²) >= 11 is 0. The third-order valence-corrected chi connectivity index (χ3v) is 8.56. The number of benzene rings is 3. The zero-order valence-electron chi connectivity index (χ0n) is 20.3. The topological polar surface area (TPSA) is 95.7 Å². The van der Waals surface area contributed by atoms with Gasteiger partial charge in [-0.15, -0.1) is 0 Å². The Morgan fingerprint density at radius 2 is 1.38 bits per heavy atom. The van der Waals surface area contributed by atoms with Gasteiger partial charge in [0.1, 0.15) is 0 Å². The first kappa shape index (κ1) is 25.0. The van der Waals surface area contributed by atoms with Gasteiger partial charge in [-0.05, 0) is 47.5 Å². The van der Waals surface area contributed by atoms with Crippen LogP contribution >= 0.6 is 0 Å². The van der Waals surface area contributed by atoms with Gasteiger partial charge in [-0.1, -0.05) is 36.4 Å². The molecule has 3 aromatic carbocycles. The second-order valence-electron chi connectivity index (χ2n) is 8.92. The summed E-state index contributed by atoms with van der Waals surface area (Å²) in [4.78, 5) is 19.3. The van der Waals surface area contributed by atoms with Gasteiger partial charge in [0.2, 0.25) is 10.0 Å². The fraction of sp³-hybridized carbons (Fsp3) is 0.214. The lowest BCUT2D eigenvalue weighted by Crippen LogP contribution is -2.49. The van der Waals surface area contributed by atoms with Crippen LogP contribution < -0.4 is 0 Å². The van der Waals surface area contributed by atoms with Crippen molar-refractivity contribution >= 4 is 15.8 Å². The summed E-state index contributed by atoms with van der Waals surface area (Å²) < 4.78 is 29.5. The van der Waals surface area contributed by atoms with Gasteiger partial charge in [0.15, 0.2) is 5.78 Å². The summed E-state index contributed by atoms with van der Waals surface area (Å²) in [5.74, 6) is -0.0655. The first-order valence-electron chi connectivity index (χ1n) is 12.1. The van der Waals surface area contributed by atoms with Gasteiger partial charge >= 0.3 is 0 Å². The van der Waals surface area contributed by atoms with Crippen molar-refractivity contribution in [2.75, 3.05) is 39.3 Å². The Kier molecular flexibility index (Phi) is 7.29. The molecule has 8 nitrogen and oxygen atoms in total. The maximum absolute atomic E-state index is 13.1. The van der Waals surface area contributed by atoms with Crippen LogP contribution in [0, 0.1) is 0 Å². The Hall–Kier alpha value is -3.63. The highest BCUT2D eigenvalue weighted by Crippen LogP contribution is 2.25. The number of hydrogen-bond acceptors (Lipinski definition) is 6. The number of aliphatic hydroxyl groups excluding tert-OH is 1. The third kappa shape index (κ3) is 5.40. The van der Waals surface area contributed by atoms with Crippen LogP contribution in [-0.4, -0.2) is 77.4 Å². The van der Waals surface area contributed by atoms with Crippen molar-refractivity contribution < 1.29 is 18.3 Å². The number of carbonyl (C=O) groups is 1. The first-order valence-corrected chi connectivity index (χ1v) is 13.6. The van der Waals surface area contributed by atoms with E-state index in [1.165, 1.54) is 4.31 Å². The molecule has 5 rings (SSSR count). The van der Waals surface area contributed by atoms with E-state index >= 15 is 0 Å². The number of carbonyl (C=O) groups excluding carboxylic acids is 1. The lowest BCUT2D eigenvalue weighted by Gasteiger charge is -2.33. The van der Waals surface area contributed by atoms with Crippen LogP contribution in [0.3, 0.4) is 0 Å². The van der Waals surface area contributed by atoms with Gasteiger partial charge in [-0.3, -0.25) is 9.69 Å². The molecule has 0 radical (unpaired) electrons. The maximum Gasteiger partial charge on any atom is 0.243 e. The Balaban J connectivity index is 1.26. The number of hydrogen-bond donors (Lipinski definition) is 1.